The first-order chi connectivity index (χ1) is 15.9. The van der Waals surface area contributed by atoms with Gasteiger partial charge in [0.2, 0.25) is 0 Å². The first-order valence-corrected chi connectivity index (χ1v) is 11.6. The standard InChI is InChI=1S/C25H26ClN3O2.C2H6/c1-3-25(31,17-20-16-21(26)8-4-18(20)2)14-15-27-24-13-10-22(28-29-24)9-5-19-6-11-23(30)12-7-19;1-2/h4,6-8,10-13,16,30-31H,3,14-15,17H2,1-2H3,(H,27,29);1-2H3. The molecule has 0 spiro atoms. The summed E-state index contributed by atoms with van der Waals surface area (Å²) < 4.78 is 0. The van der Waals surface area contributed by atoms with Crippen LogP contribution in [0.25, 0.3) is 0 Å². The number of rotatable bonds is 7. The molecule has 0 radical (unpaired) electrons. The van der Waals surface area contributed by atoms with Crippen molar-refractivity contribution in [1.29, 1.82) is 0 Å². The van der Waals surface area contributed by atoms with E-state index < -0.39 is 5.60 Å². The first-order valence-electron chi connectivity index (χ1n) is 11.2. The lowest BCUT2D eigenvalue weighted by molar-refractivity contribution is 0.0311. The number of nitrogens with zero attached hydrogens (tertiary/aromatic N) is 2. The Bertz CT molecular complexity index is 1070. The average molecular weight is 466 g/mol. The third-order valence-electron chi connectivity index (χ3n) is 5.25. The molecule has 1 unspecified atom stereocenters. The van der Waals surface area contributed by atoms with Gasteiger partial charge in [0.25, 0.3) is 0 Å². The molecule has 6 heteroatoms. The molecule has 0 bridgehead atoms. The maximum atomic E-state index is 11.1. The van der Waals surface area contributed by atoms with Gasteiger partial charge < -0.3 is 15.5 Å². The van der Waals surface area contributed by atoms with Crippen molar-refractivity contribution in [1.82, 2.24) is 10.2 Å². The Hall–Kier alpha value is -3.07. The second kappa shape index (κ2) is 12.8. The number of aromatic nitrogens is 2. The van der Waals surface area contributed by atoms with Crippen molar-refractivity contribution in [3.8, 4) is 17.6 Å². The number of benzene rings is 2. The van der Waals surface area contributed by atoms with Gasteiger partial charge in [-0.05, 0) is 85.3 Å². The molecule has 0 amide bonds. The zero-order valence-corrected chi connectivity index (χ0v) is 20.4. The monoisotopic (exact) mass is 465 g/mol. The summed E-state index contributed by atoms with van der Waals surface area (Å²) in [6.45, 7) is 8.58. The molecule has 3 aromatic rings. The normalized spacial score (nSPS) is 11.9. The molecule has 2 aromatic carbocycles. The molecule has 1 heterocycles. The van der Waals surface area contributed by atoms with Crippen molar-refractivity contribution in [3.63, 3.8) is 0 Å². The highest BCUT2D eigenvalue weighted by molar-refractivity contribution is 6.30. The number of aliphatic hydroxyl groups is 1. The molecule has 0 aliphatic carbocycles. The van der Waals surface area contributed by atoms with E-state index in [4.69, 9.17) is 11.6 Å². The zero-order valence-electron chi connectivity index (χ0n) is 19.7. The lowest BCUT2D eigenvalue weighted by Crippen LogP contribution is -2.33. The molecule has 3 rings (SSSR count). The number of aryl methyl sites for hydroxylation is 1. The van der Waals surface area contributed by atoms with E-state index in [1.165, 1.54) is 0 Å². The van der Waals surface area contributed by atoms with Crippen molar-refractivity contribution >= 4 is 17.4 Å². The van der Waals surface area contributed by atoms with Crippen molar-refractivity contribution in [2.45, 2.75) is 52.6 Å². The van der Waals surface area contributed by atoms with Crippen LogP contribution in [0.3, 0.4) is 0 Å². The highest BCUT2D eigenvalue weighted by Crippen LogP contribution is 2.25. The van der Waals surface area contributed by atoms with E-state index in [1.807, 2.05) is 52.0 Å². The van der Waals surface area contributed by atoms with Crippen LogP contribution in [-0.2, 0) is 6.42 Å². The lowest BCUT2D eigenvalue weighted by atomic mass is 9.87. The summed E-state index contributed by atoms with van der Waals surface area (Å²) in [6.07, 6.45) is 1.76. The molecule has 0 saturated heterocycles. The number of halogens is 1. The summed E-state index contributed by atoms with van der Waals surface area (Å²) >= 11 is 6.12. The SMILES string of the molecule is CC.CCC(O)(CCNc1ccc(C#Cc2ccc(O)cc2)nn1)Cc1cc(Cl)ccc1C. The van der Waals surface area contributed by atoms with Crippen molar-refractivity contribution < 1.29 is 10.2 Å². The van der Waals surface area contributed by atoms with Gasteiger partial charge in [0.05, 0.1) is 5.60 Å². The highest BCUT2D eigenvalue weighted by Gasteiger charge is 2.25. The van der Waals surface area contributed by atoms with Crippen LogP contribution in [0.4, 0.5) is 5.82 Å². The summed E-state index contributed by atoms with van der Waals surface area (Å²) in [5.74, 6) is 6.77. The minimum Gasteiger partial charge on any atom is -0.508 e. The van der Waals surface area contributed by atoms with Crippen LogP contribution in [0.5, 0.6) is 5.75 Å². The summed E-state index contributed by atoms with van der Waals surface area (Å²) in [5.41, 5.74) is 2.70. The molecule has 174 valence electrons. The first kappa shape index (κ1) is 26.2. The molecule has 0 aliphatic rings. The van der Waals surface area contributed by atoms with Crippen LogP contribution in [0.1, 0.15) is 56.0 Å². The van der Waals surface area contributed by atoms with Crippen LogP contribution in [0.2, 0.25) is 5.02 Å². The number of hydrogen-bond acceptors (Lipinski definition) is 5. The quantitative estimate of drug-likeness (QED) is 0.387. The Morgan fingerprint density at radius 3 is 2.36 bits per heavy atom. The summed E-state index contributed by atoms with van der Waals surface area (Å²) in [4.78, 5) is 0. The largest absolute Gasteiger partial charge is 0.508 e. The Morgan fingerprint density at radius 1 is 1.00 bits per heavy atom. The number of aromatic hydroxyl groups is 1. The molecule has 1 aromatic heterocycles. The molecule has 0 saturated carbocycles. The Balaban J connectivity index is 0.00000187. The number of hydrogen-bond donors (Lipinski definition) is 3. The summed E-state index contributed by atoms with van der Waals surface area (Å²) in [6, 6.07) is 16.1. The molecule has 33 heavy (non-hydrogen) atoms. The van der Waals surface area contributed by atoms with Crippen molar-refractivity contribution in [2.24, 2.45) is 0 Å². The maximum absolute atomic E-state index is 11.1. The third-order valence-corrected chi connectivity index (χ3v) is 5.49. The van der Waals surface area contributed by atoms with Gasteiger partial charge in [-0.15, -0.1) is 10.2 Å². The zero-order chi connectivity index (χ0) is 24.3. The highest BCUT2D eigenvalue weighted by atomic mass is 35.5. The third kappa shape index (κ3) is 8.42. The predicted molar refractivity (Wildman–Crippen MR) is 136 cm³/mol. The van der Waals surface area contributed by atoms with Gasteiger partial charge in [-0.2, -0.15) is 0 Å². The Labute approximate surface area is 201 Å². The van der Waals surface area contributed by atoms with Gasteiger partial charge >= 0.3 is 0 Å². The Kier molecular flexibility index (Phi) is 10.2. The second-order valence-electron chi connectivity index (χ2n) is 7.60. The van der Waals surface area contributed by atoms with Gasteiger partial charge in [-0.3, -0.25) is 0 Å². The molecule has 0 fully saturated rings. The van der Waals surface area contributed by atoms with Crippen LogP contribution in [0.15, 0.2) is 54.6 Å². The number of anilines is 1. The van der Waals surface area contributed by atoms with E-state index in [0.717, 1.165) is 16.7 Å². The fourth-order valence-corrected chi connectivity index (χ4v) is 3.37. The molecular formula is C27H32ClN3O2. The summed E-state index contributed by atoms with van der Waals surface area (Å²) in [5, 5.41) is 32.5. The summed E-state index contributed by atoms with van der Waals surface area (Å²) in [7, 11) is 0. The average Bonchev–Trinajstić information content (AvgIpc) is 2.83. The molecule has 1 atom stereocenters. The van der Waals surface area contributed by atoms with Gasteiger partial charge in [0, 0.05) is 23.6 Å². The molecule has 3 N–H and O–H groups in total. The minimum absolute atomic E-state index is 0.207. The van der Waals surface area contributed by atoms with E-state index in [2.05, 4.69) is 27.4 Å². The fraction of sp³-hybridized carbons (Fsp3) is 0.333. The van der Waals surface area contributed by atoms with Crippen LogP contribution in [-0.4, -0.2) is 32.6 Å². The van der Waals surface area contributed by atoms with E-state index in [0.29, 0.717) is 42.3 Å². The smallest absolute Gasteiger partial charge is 0.148 e. The van der Waals surface area contributed by atoms with E-state index in [1.54, 1.807) is 30.3 Å². The number of phenolic OH excluding ortho intramolecular Hbond substituents is 1. The van der Waals surface area contributed by atoms with Crippen LogP contribution >= 0.6 is 11.6 Å². The Morgan fingerprint density at radius 2 is 1.73 bits per heavy atom. The number of nitrogens with one attached hydrogen (secondary N) is 1. The van der Waals surface area contributed by atoms with Crippen molar-refractivity contribution in [3.05, 3.63) is 82.0 Å². The van der Waals surface area contributed by atoms with E-state index in [9.17, 15) is 10.2 Å². The lowest BCUT2D eigenvalue weighted by Gasteiger charge is -2.28. The minimum atomic E-state index is -0.828. The van der Waals surface area contributed by atoms with E-state index in [-0.39, 0.29) is 5.75 Å². The van der Waals surface area contributed by atoms with E-state index >= 15 is 0 Å². The van der Waals surface area contributed by atoms with Crippen LogP contribution < -0.4 is 5.32 Å². The van der Waals surface area contributed by atoms with Gasteiger partial charge in [0.15, 0.2) is 0 Å². The molecular weight excluding hydrogens is 434 g/mol. The predicted octanol–water partition coefficient (Wildman–Crippen LogP) is 5.76. The van der Waals surface area contributed by atoms with Gasteiger partial charge in [-0.25, -0.2) is 0 Å². The van der Waals surface area contributed by atoms with Gasteiger partial charge in [0.1, 0.15) is 17.3 Å². The maximum Gasteiger partial charge on any atom is 0.148 e. The molecule has 5 nitrogen and oxygen atoms in total. The number of phenols is 1. The van der Waals surface area contributed by atoms with Crippen LogP contribution in [0, 0.1) is 18.8 Å². The topological polar surface area (TPSA) is 78.3 Å². The fourth-order valence-electron chi connectivity index (χ4n) is 3.17. The molecule has 0 aliphatic heterocycles. The van der Waals surface area contributed by atoms with Crippen molar-refractivity contribution in [2.75, 3.05) is 11.9 Å². The second-order valence-corrected chi connectivity index (χ2v) is 8.04. The van der Waals surface area contributed by atoms with Gasteiger partial charge in [-0.1, -0.05) is 44.4 Å².